The Morgan fingerprint density at radius 1 is 1.54 bits per heavy atom. The van der Waals surface area contributed by atoms with E-state index in [1.165, 1.54) is 0 Å². The third kappa shape index (κ3) is 7.93. The van der Waals surface area contributed by atoms with Crippen LogP contribution in [0.2, 0.25) is 0 Å². The second kappa shape index (κ2) is 8.19. The minimum atomic E-state index is -1.09. The van der Waals surface area contributed by atoms with Crippen LogP contribution >= 0.6 is 0 Å². The summed E-state index contributed by atoms with van der Waals surface area (Å²) in [7, 11) is -1.09. The summed E-state index contributed by atoms with van der Waals surface area (Å²) in [4.78, 5) is 11.1. The summed E-state index contributed by atoms with van der Waals surface area (Å²) >= 11 is 0. The van der Waals surface area contributed by atoms with Crippen LogP contribution < -0.4 is 11.1 Å². The molecule has 0 radical (unpaired) electrons. The van der Waals surface area contributed by atoms with E-state index in [0.29, 0.717) is 18.8 Å². The molecule has 0 aromatic heterocycles. The Bertz CT molecular complexity index is 174. The van der Waals surface area contributed by atoms with E-state index in [9.17, 15) is 9.00 Å². The van der Waals surface area contributed by atoms with Crippen LogP contribution in [0.5, 0.6) is 0 Å². The first kappa shape index (κ1) is 12.6. The predicted octanol–water partition coefficient (Wildman–Crippen LogP) is -0.390. The number of nitrogens with one attached hydrogen (secondary N) is 1. The maximum atomic E-state index is 11.1. The quantitative estimate of drug-likeness (QED) is 0.557. The monoisotopic (exact) mass is 206 g/mol. The summed E-state index contributed by atoms with van der Waals surface area (Å²) in [6, 6.07) is 0. The number of amides is 1. The summed E-state index contributed by atoms with van der Waals surface area (Å²) in [5, 5.41) is 2.70. The molecule has 0 rings (SSSR count). The molecule has 0 aliphatic heterocycles. The molecule has 5 heteroatoms. The van der Waals surface area contributed by atoms with Gasteiger partial charge >= 0.3 is 0 Å². The zero-order valence-corrected chi connectivity index (χ0v) is 8.86. The smallest absolute Gasteiger partial charge is 0.232 e. The number of carbonyl (C=O) groups excluding carboxylic acids is 1. The van der Waals surface area contributed by atoms with Crippen LogP contribution in [0.1, 0.15) is 19.8 Å². The molecule has 0 spiro atoms. The molecule has 1 atom stereocenters. The van der Waals surface area contributed by atoms with Gasteiger partial charge in [-0.25, -0.2) is 0 Å². The minimum absolute atomic E-state index is 0.0842. The molecule has 3 N–H and O–H groups in total. The third-order valence-electron chi connectivity index (χ3n) is 1.49. The van der Waals surface area contributed by atoms with E-state index in [0.717, 1.165) is 12.8 Å². The Labute approximate surface area is 81.7 Å². The Morgan fingerprint density at radius 2 is 2.23 bits per heavy atom. The van der Waals surface area contributed by atoms with Crippen molar-refractivity contribution in [3.05, 3.63) is 0 Å². The lowest BCUT2D eigenvalue weighted by Crippen LogP contribution is -2.30. The van der Waals surface area contributed by atoms with E-state index in [2.05, 4.69) is 12.2 Å². The standard InChI is InChI=1S/C8H18N2O2S/c1-2-3-5-10-8(11)7-13(12)6-4-9/h2-7,9H2,1H3,(H,10,11). The van der Waals surface area contributed by atoms with Gasteiger partial charge in [0, 0.05) is 29.6 Å². The van der Waals surface area contributed by atoms with Gasteiger partial charge in [-0.15, -0.1) is 0 Å². The van der Waals surface area contributed by atoms with E-state index in [1.807, 2.05) is 0 Å². The molecule has 0 aliphatic rings. The first-order valence-electron chi connectivity index (χ1n) is 4.52. The van der Waals surface area contributed by atoms with Crippen LogP contribution in [0, 0.1) is 0 Å². The molecule has 0 aromatic rings. The Morgan fingerprint density at radius 3 is 2.77 bits per heavy atom. The molecule has 1 unspecified atom stereocenters. The number of rotatable bonds is 7. The van der Waals surface area contributed by atoms with Crippen LogP contribution in [0.3, 0.4) is 0 Å². The number of unbranched alkanes of at least 4 members (excludes halogenated alkanes) is 1. The highest BCUT2D eigenvalue weighted by atomic mass is 32.2. The Hall–Kier alpha value is -0.420. The average molecular weight is 206 g/mol. The zero-order chi connectivity index (χ0) is 10.1. The summed E-state index contributed by atoms with van der Waals surface area (Å²) in [6.07, 6.45) is 2.02. The van der Waals surface area contributed by atoms with Crippen molar-refractivity contribution in [1.29, 1.82) is 0 Å². The molecule has 0 bridgehead atoms. The van der Waals surface area contributed by atoms with Crippen LogP contribution in [0.15, 0.2) is 0 Å². The molecule has 0 heterocycles. The molecule has 4 nitrogen and oxygen atoms in total. The lowest BCUT2D eigenvalue weighted by molar-refractivity contribution is -0.118. The minimum Gasteiger partial charge on any atom is -0.355 e. The third-order valence-corrected chi connectivity index (χ3v) is 2.77. The van der Waals surface area contributed by atoms with Gasteiger partial charge in [0.1, 0.15) is 5.75 Å². The Balaban J connectivity index is 3.44. The van der Waals surface area contributed by atoms with Crippen molar-refractivity contribution in [2.45, 2.75) is 19.8 Å². The summed E-state index contributed by atoms with van der Waals surface area (Å²) in [5.41, 5.74) is 5.20. The van der Waals surface area contributed by atoms with E-state index in [1.54, 1.807) is 0 Å². The summed E-state index contributed by atoms with van der Waals surface area (Å²) in [6.45, 7) is 3.10. The molecule has 13 heavy (non-hydrogen) atoms. The van der Waals surface area contributed by atoms with E-state index < -0.39 is 10.8 Å². The van der Waals surface area contributed by atoms with Crippen molar-refractivity contribution in [3.63, 3.8) is 0 Å². The molecule has 0 aromatic carbocycles. The lowest BCUT2D eigenvalue weighted by Gasteiger charge is -2.03. The number of nitrogens with two attached hydrogens (primary N) is 1. The number of hydrogen-bond donors (Lipinski definition) is 2. The maximum absolute atomic E-state index is 11.1. The lowest BCUT2D eigenvalue weighted by atomic mass is 10.3. The second-order valence-electron chi connectivity index (χ2n) is 2.78. The molecule has 1 amide bonds. The van der Waals surface area contributed by atoms with Gasteiger partial charge in [0.2, 0.25) is 5.91 Å². The van der Waals surface area contributed by atoms with Crippen molar-refractivity contribution in [2.75, 3.05) is 24.6 Å². The molecule has 0 saturated carbocycles. The summed E-state index contributed by atoms with van der Waals surface area (Å²) < 4.78 is 11.1. The highest BCUT2D eigenvalue weighted by Gasteiger charge is 2.05. The van der Waals surface area contributed by atoms with Gasteiger partial charge < -0.3 is 11.1 Å². The average Bonchev–Trinajstić information content (AvgIpc) is 2.05. The molecular weight excluding hydrogens is 188 g/mol. The van der Waals surface area contributed by atoms with Crippen molar-refractivity contribution < 1.29 is 9.00 Å². The molecule has 0 fully saturated rings. The van der Waals surface area contributed by atoms with Crippen LogP contribution in [-0.4, -0.2) is 34.7 Å². The van der Waals surface area contributed by atoms with Crippen molar-refractivity contribution in [3.8, 4) is 0 Å². The SMILES string of the molecule is CCCCNC(=O)CS(=O)CCN. The van der Waals surface area contributed by atoms with E-state index in [-0.39, 0.29) is 11.7 Å². The van der Waals surface area contributed by atoms with Crippen LogP contribution in [0.4, 0.5) is 0 Å². The van der Waals surface area contributed by atoms with Crippen molar-refractivity contribution in [2.24, 2.45) is 5.73 Å². The molecule has 0 aliphatic carbocycles. The zero-order valence-electron chi connectivity index (χ0n) is 8.04. The fourth-order valence-corrected chi connectivity index (χ4v) is 1.61. The van der Waals surface area contributed by atoms with Gasteiger partial charge in [-0.05, 0) is 6.42 Å². The van der Waals surface area contributed by atoms with Gasteiger partial charge in [0.25, 0.3) is 0 Å². The largest absolute Gasteiger partial charge is 0.355 e. The maximum Gasteiger partial charge on any atom is 0.232 e. The predicted molar refractivity (Wildman–Crippen MR) is 54.8 cm³/mol. The van der Waals surface area contributed by atoms with Gasteiger partial charge in [-0.1, -0.05) is 13.3 Å². The molecular formula is C8H18N2O2S. The van der Waals surface area contributed by atoms with E-state index in [4.69, 9.17) is 5.73 Å². The second-order valence-corrected chi connectivity index (χ2v) is 4.36. The molecule has 78 valence electrons. The fraction of sp³-hybridized carbons (Fsp3) is 0.875. The fourth-order valence-electron chi connectivity index (χ4n) is 0.805. The normalized spacial score (nSPS) is 12.5. The van der Waals surface area contributed by atoms with E-state index >= 15 is 0 Å². The topological polar surface area (TPSA) is 72.2 Å². The van der Waals surface area contributed by atoms with Crippen LogP contribution in [0.25, 0.3) is 0 Å². The Kier molecular flexibility index (Phi) is 7.93. The highest BCUT2D eigenvalue weighted by Crippen LogP contribution is 1.84. The van der Waals surface area contributed by atoms with Crippen molar-refractivity contribution in [1.82, 2.24) is 5.32 Å². The number of carbonyl (C=O) groups is 1. The van der Waals surface area contributed by atoms with Gasteiger partial charge in [0.05, 0.1) is 0 Å². The first-order valence-corrected chi connectivity index (χ1v) is 6.01. The number of hydrogen-bond acceptors (Lipinski definition) is 3. The van der Waals surface area contributed by atoms with Gasteiger partial charge in [0.15, 0.2) is 0 Å². The first-order chi connectivity index (χ1) is 6.20. The van der Waals surface area contributed by atoms with Crippen LogP contribution in [-0.2, 0) is 15.6 Å². The summed E-state index contributed by atoms with van der Waals surface area (Å²) in [5.74, 6) is 0.350. The van der Waals surface area contributed by atoms with Crippen molar-refractivity contribution >= 4 is 16.7 Å². The van der Waals surface area contributed by atoms with Gasteiger partial charge in [-0.2, -0.15) is 0 Å². The van der Waals surface area contributed by atoms with Gasteiger partial charge in [-0.3, -0.25) is 9.00 Å². The highest BCUT2D eigenvalue weighted by molar-refractivity contribution is 7.85. The molecule has 0 saturated heterocycles.